The number of methoxy groups -OCH3 is 1. The standard InChI is InChI=1S/C29H29N3O7S/c1-6-38-28(33)24-16(3)30-17(4)25(29(34)39-7-2)26(24)19-10-8-9-11-20(19)27-31-21(15-40-27)18-12-13-23(37-5)22(14-18)32(35)36/h8-15,26,30H,6-7H2,1-5H3. The van der Waals surface area contributed by atoms with Crippen molar-refractivity contribution < 1.29 is 28.7 Å². The van der Waals surface area contributed by atoms with Crippen molar-refractivity contribution in [3.05, 3.63) is 86.1 Å². The highest BCUT2D eigenvalue weighted by molar-refractivity contribution is 7.13. The molecule has 1 aromatic heterocycles. The molecule has 0 saturated carbocycles. The summed E-state index contributed by atoms with van der Waals surface area (Å²) in [6.07, 6.45) is 0. The number of ether oxygens (including phenoxy) is 3. The Kier molecular flexibility index (Phi) is 8.64. The molecule has 0 saturated heterocycles. The van der Waals surface area contributed by atoms with E-state index in [2.05, 4.69) is 5.32 Å². The van der Waals surface area contributed by atoms with E-state index in [-0.39, 0.29) is 24.7 Å². The molecular formula is C29H29N3O7S. The molecule has 10 nitrogen and oxygen atoms in total. The van der Waals surface area contributed by atoms with Gasteiger partial charge in [0.15, 0.2) is 5.75 Å². The zero-order chi connectivity index (χ0) is 29.0. The van der Waals surface area contributed by atoms with Crippen LogP contribution in [0, 0.1) is 10.1 Å². The number of nitro groups is 1. The van der Waals surface area contributed by atoms with E-state index in [0.29, 0.717) is 49.9 Å². The maximum absolute atomic E-state index is 13.2. The molecule has 1 aliphatic rings. The minimum Gasteiger partial charge on any atom is -0.490 e. The van der Waals surface area contributed by atoms with Crippen LogP contribution >= 0.6 is 11.3 Å². The number of nitrogens with zero attached hydrogens (tertiary/aromatic N) is 2. The summed E-state index contributed by atoms with van der Waals surface area (Å²) in [5.74, 6) is -1.69. The number of carbonyl (C=O) groups excluding carboxylic acids is 2. The van der Waals surface area contributed by atoms with Gasteiger partial charge in [0.25, 0.3) is 0 Å². The van der Waals surface area contributed by atoms with Gasteiger partial charge in [-0.2, -0.15) is 0 Å². The van der Waals surface area contributed by atoms with Gasteiger partial charge in [-0.25, -0.2) is 14.6 Å². The average Bonchev–Trinajstić information content (AvgIpc) is 3.42. The van der Waals surface area contributed by atoms with Gasteiger partial charge in [0.1, 0.15) is 5.01 Å². The number of esters is 2. The Morgan fingerprint density at radius 3 is 2.23 bits per heavy atom. The summed E-state index contributed by atoms with van der Waals surface area (Å²) in [6, 6.07) is 12.1. The predicted molar refractivity (Wildman–Crippen MR) is 151 cm³/mol. The molecule has 0 unspecified atom stereocenters. The molecule has 3 aromatic rings. The molecule has 2 heterocycles. The highest BCUT2D eigenvalue weighted by atomic mass is 32.1. The minimum atomic E-state index is -0.773. The van der Waals surface area contributed by atoms with E-state index in [9.17, 15) is 19.7 Å². The number of nitrogens with one attached hydrogen (secondary N) is 1. The van der Waals surface area contributed by atoms with Gasteiger partial charge < -0.3 is 19.5 Å². The number of allylic oxidation sites excluding steroid dienone is 2. The van der Waals surface area contributed by atoms with Crippen molar-refractivity contribution in [3.63, 3.8) is 0 Å². The van der Waals surface area contributed by atoms with Crippen molar-refractivity contribution >= 4 is 29.0 Å². The summed E-state index contributed by atoms with van der Waals surface area (Å²) >= 11 is 1.35. The van der Waals surface area contributed by atoms with Crippen LogP contribution in [0.3, 0.4) is 0 Å². The van der Waals surface area contributed by atoms with Crippen LogP contribution in [0.5, 0.6) is 5.75 Å². The van der Waals surface area contributed by atoms with Crippen molar-refractivity contribution in [1.82, 2.24) is 10.3 Å². The van der Waals surface area contributed by atoms with Crippen LogP contribution in [-0.4, -0.2) is 42.2 Å². The normalized spacial score (nSPS) is 13.6. The molecule has 0 aliphatic carbocycles. The monoisotopic (exact) mass is 563 g/mol. The summed E-state index contributed by atoms with van der Waals surface area (Å²) < 4.78 is 15.9. The lowest BCUT2D eigenvalue weighted by Gasteiger charge is -2.31. The second kappa shape index (κ2) is 12.1. The van der Waals surface area contributed by atoms with Crippen LogP contribution in [0.4, 0.5) is 5.69 Å². The number of hydrogen-bond donors (Lipinski definition) is 1. The highest BCUT2D eigenvalue weighted by Gasteiger charge is 2.39. The van der Waals surface area contributed by atoms with E-state index in [4.69, 9.17) is 19.2 Å². The summed E-state index contributed by atoms with van der Waals surface area (Å²) in [6.45, 7) is 7.33. The number of aromatic nitrogens is 1. The number of hydrogen-bond acceptors (Lipinski definition) is 10. The van der Waals surface area contributed by atoms with Gasteiger partial charge in [-0.3, -0.25) is 10.1 Å². The summed E-state index contributed by atoms with van der Waals surface area (Å²) in [5, 5.41) is 17.1. The summed E-state index contributed by atoms with van der Waals surface area (Å²) in [4.78, 5) is 42.3. The molecule has 0 fully saturated rings. The van der Waals surface area contributed by atoms with Crippen LogP contribution in [0.1, 0.15) is 39.2 Å². The Morgan fingerprint density at radius 2 is 1.65 bits per heavy atom. The van der Waals surface area contributed by atoms with Crippen molar-refractivity contribution in [2.45, 2.75) is 33.6 Å². The van der Waals surface area contributed by atoms with Crippen molar-refractivity contribution in [2.75, 3.05) is 20.3 Å². The second-order valence-corrected chi connectivity index (χ2v) is 9.70. The second-order valence-electron chi connectivity index (χ2n) is 8.85. The lowest BCUT2D eigenvalue weighted by molar-refractivity contribution is -0.385. The first kappa shape index (κ1) is 28.5. The van der Waals surface area contributed by atoms with Gasteiger partial charge in [0, 0.05) is 34.0 Å². The molecule has 0 radical (unpaired) electrons. The number of dihydropyridines is 1. The molecule has 0 amide bonds. The first-order valence-electron chi connectivity index (χ1n) is 12.6. The third-order valence-electron chi connectivity index (χ3n) is 6.43. The fourth-order valence-corrected chi connectivity index (χ4v) is 5.61. The quantitative estimate of drug-likeness (QED) is 0.196. The van der Waals surface area contributed by atoms with E-state index in [0.717, 1.165) is 0 Å². The van der Waals surface area contributed by atoms with Gasteiger partial charge in [0.2, 0.25) is 0 Å². The van der Waals surface area contributed by atoms with Crippen LogP contribution < -0.4 is 10.1 Å². The molecule has 0 spiro atoms. The fourth-order valence-electron chi connectivity index (χ4n) is 4.73. The molecule has 208 valence electrons. The van der Waals surface area contributed by atoms with E-state index < -0.39 is 22.8 Å². The van der Waals surface area contributed by atoms with Crippen molar-refractivity contribution in [3.8, 4) is 27.6 Å². The predicted octanol–water partition coefficient (Wildman–Crippen LogP) is 5.75. The van der Waals surface area contributed by atoms with Gasteiger partial charge in [0.05, 0.1) is 48.0 Å². The molecule has 0 atom stereocenters. The Balaban J connectivity index is 1.87. The smallest absolute Gasteiger partial charge is 0.336 e. The SMILES string of the molecule is CCOC(=O)C1=C(C)NC(C)=C(C(=O)OCC)C1c1ccccc1-c1nc(-c2ccc(OC)c([N+](=O)[O-])c2)cs1. The number of thiazole rings is 1. The molecule has 1 N–H and O–H groups in total. The highest BCUT2D eigenvalue weighted by Crippen LogP contribution is 2.44. The zero-order valence-electron chi connectivity index (χ0n) is 22.8. The average molecular weight is 564 g/mol. The molecule has 1 aliphatic heterocycles. The Morgan fingerprint density at radius 1 is 1.02 bits per heavy atom. The van der Waals surface area contributed by atoms with Crippen LogP contribution in [-0.2, 0) is 19.1 Å². The largest absolute Gasteiger partial charge is 0.490 e. The topological polar surface area (TPSA) is 130 Å². The number of rotatable bonds is 9. The number of carbonyl (C=O) groups is 2. The molecule has 40 heavy (non-hydrogen) atoms. The van der Waals surface area contributed by atoms with Crippen molar-refractivity contribution in [2.24, 2.45) is 0 Å². The lowest BCUT2D eigenvalue weighted by atomic mass is 9.78. The Hall–Kier alpha value is -4.51. The fraction of sp³-hybridized carbons (Fsp3) is 0.276. The molecule has 4 rings (SSSR count). The number of benzene rings is 2. The third kappa shape index (κ3) is 5.46. The summed E-state index contributed by atoms with van der Waals surface area (Å²) in [7, 11) is 1.38. The Labute approximate surface area is 235 Å². The molecule has 2 aromatic carbocycles. The molecule has 11 heteroatoms. The summed E-state index contributed by atoms with van der Waals surface area (Å²) in [5.41, 5.74) is 4.09. The van der Waals surface area contributed by atoms with E-state index in [1.807, 2.05) is 24.3 Å². The van der Waals surface area contributed by atoms with Gasteiger partial charge in [-0.1, -0.05) is 24.3 Å². The van der Waals surface area contributed by atoms with E-state index in [1.54, 1.807) is 39.1 Å². The maximum atomic E-state index is 13.2. The molecule has 0 bridgehead atoms. The van der Waals surface area contributed by atoms with Crippen molar-refractivity contribution in [1.29, 1.82) is 0 Å². The van der Waals surface area contributed by atoms with E-state index >= 15 is 0 Å². The third-order valence-corrected chi connectivity index (χ3v) is 7.30. The maximum Gasteiger partial charge on any atom is 0.336 e. The van der Waals surface area contributed by atoms with Crippen LogP contribution in [0.15, 0.2) is 70.4 Å². The van der Waals surface area contributed by atoms with E-state index in [1.165, 1.54) is 30.6 Å². The van der Waals surface area contributed by atoms with Crippen LogP contribution in [0.25, 0.3) is 21.8 Å². The first-order valence-corrected chi connectivity index (χ1v) is 13.5. The first-order chi connectivity index (χ1) is 19.2. The lowest BCUT2D eigenvalue weighted by Crippen LogP contribution is -2.32. The Bertz CT molecular complexity index is 1500. The van der Waals surface area contributed by atoms with Gasteiger partial charge >= 0.3 is 17.6 Å². The van der Waals surface area contributed by atoms with Gasteiger partial charge in [-0.15, -0.1) is 11.3 Å². The molecular weight excluding hydrogens is 534 g/mol. The minimum absolute atomic E-state index is 0.155. The van der Waals surface area contributed by atoms with Crippen LogP contribution in [0.2, 0.25) is 0 Å². The zero-order valence-corrected chi connectivity index (χ0v) is 23.6. The number of nitro benzene ring substituents is 1. The van der Waals surface area contributed by atoms with Gasteiger partial charge in [-0.05, 0) is 45.4 Å².